The van der Waals surface area contributed by atoms with Gasteiger partial charge in [0.15, 0.2) is 0 Å². The normalized spacial score (nSPS) is 13.1. The quantitative estimate of drug-likeness (QED) is 0.837. The van der Waals surface area contributed by atoms with Crippen LogP contribution in [0.5, 0.6) is 0 Å². The third-order valence-electron chi connectivity index (χ3n) is 2.96. The maximum Gasteiger partial charge on any atom is 0.0458 e. The Morgan fingerprint density at radius 1 is 1.44 bits per heavy atom. The second-order valence-electron chi connectivity index (χ2n) is 4.41. The largest absolute Gasteiger partial charge is 0.398 e. The van der Waals surface area contributed by atoms with Crippen LogP contribution < -0.4 is 5.73 Å². The third-order valence-corrected chi connectivity index (χ3v) is 3.64. The molecule has 1 aromatic carbocycles. The summed E-state index contributed by atoms with van der Waals surface area (Å²) in [6.07, 6.45) is 2.48. The predicted octanol–water partition coefficient (Wildman–Crippen LogP) is 3.65. The van der Waals surface area contributed by atoms with Gasteiger partial charge >= 0.3 is 0 Å². The molecule has 0 aliphatic carbocycles. The molecule has 1 atom stereocenters. The molecule has 0 aliphatic heterocycles. The molecule has 0 amide bonds. The summed E-state index contributed by atoms with van der Waals surface area (Å²) in [5.74, 6) is 0. The number of benzene rings is 1. The molecular weight excluding hydrogens is 264 g/mol. The fourth-order valence-corrected chi connectivity index (χ4v) is 2.18. The number of anilines is 1. The van der Waals surface area contributed by atoms with Crippen LogP contribution >= 0.6 is 15.9 Å². The molecule has 3 heteroatoms. The van der Waals surface area contributed by atoms with E-state index in [0.29, 0.717) is 6.04 Å². The Bertz CT molecular complexity index is 339. The van der Waals surface area contributed by atoms with Crippen LogP contribution in [0, 0.1) is 0 Å². The van der Waals surface area contributed by atoms with E-state index < -0.39 is 0 Å². The highest BCUT2D eigenvalue weighted by atomic mass is 79.9. The van der Waals surface area contributed by atoms with Gasteiger partial charge in [0.2, 0.25) is 0 Å². The molecule has 2 N–H and O–H groups in total. The van der Waals surface area contributed by atoms with E-state index >= 15 is 0 Å². The number of halogens is 1. The zero-order valence-electron chi connectivity index (χ0n) is 10.3. The lowest BCUT2D eigenvalue weighted by atomic mass is 10.1. The van der Waals surface area contributed by atoms with E-state index in [1.165, 1.54) is 18.4 Å². The maximum absolute atomic E-state index is 5.77. The van der Waals surface area contributed by atoms with Crippen LogP contribution in [-0.2, 0) is 6.54 Å². The molecular formula is C13H21BrN2. The minimum Gasteiger partial charge on any atom is -0.398 e. The predicted molar refractivity (Wildman–Crippen MR) is 74.4 cm³/mol. The van der Waals surface area contributed by atoms with Gasteiger partial charge in [-0.3, -0.25) is 4.90 Å². The van der Waals surface area contributed by atoms with Crippen LogP contribution in [0.25, 0.3) is 0 Å². The van der Waals surface area contributed by atoms with Gasteiger partial charge in [0.25, 0.3) is 0 Å². The molecule has 0 aliphatic rings. The van der Waals surface area contributed by atoms with Crippen LogP contribution in [0.15, 0.2) is 22.7 Å². The van der Waals surface area contributed by atoms with Crippen LogP contribution in [0.2, 0.25) is 0 Å². The van der Waals surface area contributed by atoms with Crippen LogP contribution in [-0.4, -0.2) is 18.0 Å². The summed E-state index contributed by atoms with van der Waals surface area (Å²) in [7, 11) is 2.17. The third kappa shape index (κ3) is 3.80. The van der Waals surface area contributed by atoms with Gasteiger partial charge in [-0.15, -0.1) is 0 Å². The molecule has 0 fully saturated rings. The molecule has 0 heterocycles. The van der Waals surface area contributed by atoms with Crippen molar-refractivity contribution in [1.82, 2.24) is 4.90 Å². The summed E-state index contributed by atoms with van der Waals surface area (Å²) in [4.78, 5) is 2.38. The summed E-state index contributed by atoms with van der Waals surface area (Å²) < 4.78 is 0.988. The van der Waals surface area contributed by atoms with Crippen molar-refractivity contribution >= 4 is 21.6 Å². The van der Waals surface area contributed by atoms with Gasteiger partial charge in [0.05, 0.1) is 0 Å². The first kappa shape index (κ1) is 13.5. The van der Waals surface area contributed by atoms with E-state index in [-0.39, 0.29) is 0 Å². The van der Waals surface area contributed by atoms with E-state index in [1.807, 2.05) is 6.07 Å². The molecule has 1 rings (SSSR count). The Labute approximate surface area is 107 Å². The van der Waals surface area contributed by atoms with Gasteiger partial charge in [-0.1, -0.05) is 19.4 Å². The summed E-state index contributed by atoms with van der Waals surface area (Å²) in [5.41, 5.74) is 7.86. The summed E-state index contributed by atoms with van der Waals surface area (Å²) >= 11 is 3.46. The van der Waals surface area contributed by atoms with Gasteiger partial charge in [0.1, 0.15) is 0 Å². The van der Waals surface area contributed by atoms with Crippen molar-refractivity contribution in [2.75, 3.05) is 12.8 Å². The highest BCUT2D eigenvalue weighted by Crippen LogP contribution is 2.21. The second-order valence-corrected chi connectivity index (χ2v) is 5.26. The zero-order chi connectivity index (χ0) is 12.1. The van der Waals surface area contributed by atoms with Crippen LogP contribution in [0.4, 0.5) is 5.69 Å². The smallest absolute Gasteiger partial charge is 0.0458 e. The number of nitrogens with zero attached hydrogens (tertiary/aromatic N) is 1. The van der Waals surface area contributed by atoms with Crippen molar-refractivity contribution in [2.45, 2.75) is 39.3 Å². The molecule has 0 radical (unpaired) electrons. The van der Waals surface area contributed by atoms with Crippen molar-refractivity contribution in [1.29, 1.82) is 0 Å². The Hall–Kier alpha value is -0.540. The lowest BCUT2D eigenvalue weighted by Gasteiger charge is -2.24. The summed E-state index contributed by atoms with van der Waals surface area (Å²) in [6, 6.07) is 6.78. The Balaban J connectivity index is 2.62. The van der Waals surface area contributed by atoms with Crippen LogP contribution in [0.3, 0.4) is 0 Å². The van der Waals surface area contributed by atoms with Gasteiger partial charge < -0.3 is 5.73 Å². The SMILES string of the molecule is CCCC(C)N(C)Cc1ccc(N)c(Br)c1. The molecule has 1 aromatic rings. The van der Waals surface area contributed by atoms with Gasteiger partial charge in [-0.05, 0) is 54.0 Å². The van der Waals surface area contributed by atoms with Gasteiger partial charge in [-0.2, -0.15) is 0 Å². The highest BCUT2D eigenvalue weighted by Gasteiger charge is 2.09. The standard InChI is InChI=1S/C13H21BrN2/c1-4-5-10(2)16(3)9-11-6-7-13(15)12(14)8-11/h6-8,10H,4-5,9,15H2,1-3H3. The molecule has 0 aromatic heterocycles. The Morgan fingerprint density at radius 2 is 2.12 bits per heavy atom. The first-order valence-corrected chi connectivity index (χ1v) is 6.58. The Morgan fingerprint density at radius 3 is 2.69 bits per heavy atom. The Kier molecular flexibility index (Phi) is 5.29. The second kappa shape index (κ2) is 6.26. The minimum atomic E-state index is 0.626. The van der Waals surface area contributed by atoms with Crippen LogP contribution in [0.1, 0.15) is 32.3 Å². The van der Waals surface area contributed by atoms with Crippen molar-refractivity contribution in [3.05, 3.63) is 28.2 Å². The molecule has 90 valence electrons. The average Bonchev–Trinajstić information content (AvgIpc) is 2.24. The fourth-order valence-electron chi connectivity index (χ4n) is 1.75. The van der Waals surface area contributed by atoms with Gasteiger partial charge in [-0.25, -0.2) is 0 Å². The molecule has 1 unspecified atom stereocenters. The van der Waals surface area contributed by atoms with Crippen molar-refractivity contribution in [3.8, 4) is 0 Å². The number of hydrogen-bond acceptors (Lipinski definition) is 2. The van der Waals surface area contributed by atoms with Crippen molar-refractivity contribution in [2.24, 2.45) is 0 Å². The maximum atomic E-state index is 5.77. The lowest BCUT2D eigenvalue weighted by molar-refractivity contribution is 0.237. The van der Waals surface area contributed by atoms with E-state index in [0.717, 1.165) is 16.7 Å². The van der Waals surface area contributed by atoms with Crippen molar-refractivity contribution < 1.29 is 0 Å². The molecule has 0 saturated carbocycles. The number of hydrogen-bond donors (Lipinski definition) is 1. The molecule has 0 bridgehead atoms. The number of nitrogens with two attached hydrogens (primary N) is 1. The zero-order valence-corrected chi connectivity index (χ0v) is 11.9. The van der Waals surface area contributed by atoms with Gasteiger partial charge in [0, 0.05) is 22.7 Å². The number of rotatable bonds is 5. The van der Waals surface area contributed by atoms with E-state index in [2.05, 4.69) is 53.9 Å². The highest BCUT2D eigenvalue weighted by molar-refractivity contribution is 9.10. The molecule has 2 nitrogen and oxygen atoms in total. The van der Waals surface area contributed by atoms with E-state index in [9.17, 15) is 0 Å². The minimum absolute atomic E-state index is 0.626. The summed E-state index contributed by atoms with van der Waals surface area (Å²) in [6.45, 7) is 5.47. The monoisotopic (exact) mass is 284 g/mol. The summed E-state index contributed by atoms with van der Waals surface area (Å²) in [5, 5.41) is 0. The molecule has 0 saturated heterocycles. The lowest BCUT2D eigenvalue weighted by Crippen LogP contribution is -2.28. The van der Waals surface area contributed by atoms with E-state index in [4.69, 9.17) is 5.73 Å². The number of nitrogen functional groups attached to an aromatic ring is 1. The molecule has 16 heavy (non-hydrogen) atoms. The first-order valence-electron chi connectivity index (χ1n) is 5.78. The topological polar surface area (TPSA) is 29.3 Å². The van der Waals surface area contributed by atoms with E-state index in [1.54, 1.807) is 0 Å². The molecule has 0 spiro atoms. The average molecular weight is 285 g/mol. The first-order chi connectivity index (χ1) is 7.54. The fraction of sp³-hybridized carbons (Fsp3) is 0.538. The van der Waals surface area contributed by atoms with Crippen molar-refractivity contribution in [3.63, 3.8) is 0 Å².